The standard InChI is InChI=1S/C14H15N3O4/c15-8-10-5-6-12(7-13(10)17(20)21)16(9-14(18)19)11-3-1-2-4-11/h5-7,11H,1-4,9H2,(H,18,19). The SMILES string of the molecule is N#Cc1ccc(N(CC(=O)O)C2CCCC2)cc1[N+](=O)[O-]. The highest BCUT2D eigenvalue weighted by Crippen LogP contribution is 2.31. The van der Waals surface area contributed by atoms with Gasteiger partial charge in [-0.3, -0.25) is 14.9 Å². The van der Waals surface area contributed by atoms with E-state index in [4.69, 9.17) is 10.4 Å². The summed E-state index contributed by atoms with van der Waals surface area (Å²) in [4.78, 5) is 23.1. The molecule has 2 rings (SSSR count). The van der Waals surface area contributed by atoms with Crippen LogP contribution in [0.3, 0.4) is 0 Å². The van der Waals surface area contributed by atoms with Gasteiger partial charge in [-0.25, -0.2) is 0 Å². The molecule has 1 saturated carbocycles. The number of nitro groups is 1. The molecule has 0 radical (unpaired) electrons. The topological polar surface area (TPSA) is 107 Å². The predicted octanol–water partition coefficient (Wildman–Crippen LogP) is 2.30. The van der Waals surface area contributed by atoms with Gasteiger partial charge in [-0.15, -0.1) is 0 Å². The van der Waals surface area contributed by atoms with E-state index in [0.717, 1.165) is 25.7 Å². The normalized spacial score (nSPS) is 14.6. The van der Waals surface area contributed by atoms with Crippen LogP contribution in [0.4, 0.5) is 11.4 Å². The monoisotopic (exact) mass is 289 g/mol. The van der Waals surface area contributed by atoms with Gasteiger partial charge in [0.15, 0.2) is 0 Å². The first-order valence-electron chi connectivity index (χ1n) is 6.70. The van der Waals surface area contributed by atoms with Crippen molar-refractivity contribution in [1.29, 1.82) is 5.26 Å². The molecule has 1 N–H and O–H groups in total. The quantitative estimate of drug-likeness (QED) is 0.658. The fourth-order valence-corrected chi connectivity index (χ4v) is 2.74. The maximum Gasteiger partial charge on any atom is 0.323 e. The number of rotatable bonds is 5. The molecule has 0 aromatic heterocycles. The van der Waals surface area contributed by atoms with Gasteiger partial charge in [-0.1, -0.05) is 12.8 Å². The van der Waals surface area contributed by atoms with E-state index in [1.54, 1.807) is 17.0 Å². The number of nitriles is 1. The molecule has 0 heterocycles. The Hall–Kier alpha value is -2.62. The van der Waals surface area contributed by atoms with Gasteiger partial charge in [0.05, 0.1) is 4.92 Å². The molecule has 0 aliphatic heterocycles. The van der Waals surface area contributed by atoms with E-state index in [-0.39, 0.29) is 23.8 Å². The zero-order valence-corrected chi connectivity index (χ0v) is 11.4. The van der Waals surface area contributed by atoms with Crippen LogP contribution < -0.4 is 4.90 Å². The Kier molecular flexibility index (Phi) is 4.38. The molecule has 0 unspecified atom stereocenters. The van der Waals surface area contributed by atoms with Crippen molar-refractivity contribution in [1.82, 2.24) is 0 Å². The Morgan fingerprint density at radius 3 is 2.67 bits per heavy atom. The smallest absolute Gasteiger partial charge is 0.323 e. The Morgan fingerprint density at radius 2 is 2.14 bits per heavy atom. The van der Waals surface area contributed by atoms with Gasteiger partial charge in [0.2, 0.25) is 0 Å². The van der Waals surface area contributed by atoms with Crippen LogP contribution in [0.1, 0.15) is 31.2 Å². The summed E-state index contributed by atoms with van der Waals surface area (Å²) in [6.45, 7) is -0.201. The molecule has 1 aromatic carbocycles. The van der Waals surface area contributed by atoms with Crippen LogP contribution in [0.15, 0.2) is 18.2 Å². The number of benzene rings is 1. The van der Waals surface area contributed by atoms with Crippen LogP contribution in [-0.4, -0.2) is 28.6 Å². The van der Waals surface area contributed by atoms with Crippen LogP contribution in [0.5, 0.6) is 0 Å². The van der Waals surface area contributed by atoms with E-state index < -0.39 is 10.9 Å². The van der Waals surface area contributed by atoms with Crippen LogP contribution in [0, 0.1) is 21.4 Å². The molecule has 1 aliphatic carbocycles. The fourth-order valence-electron chi connectivity index (χ4n) is 2.74. The summed E-state index contributed by atoms with van der Waals surface area (Å²) >= 11 is 0. The van der Waals surface area contributed by atoms with Crippen molar-refractivity contribution < 1.29 is 14.8 Å². The summed E-state index contributed by atoms with van der Waals surface area (Å²) in [5.41, 5.74) is 0.170. The Bertz CT molecular complexity index is 603. The highest BCUT2D eigenvalue weighted by molar-refractivity contribution is 5.75. The van der Waals surface area contributed by atoms with E-state index in [1.807, 2.05) is 0 Å². The number of hydrogen-bond acceptors (Lipinski definition) is 5. The number of hydrogen-bond donors (Lipinski definition) is 1. The minimum Gasteiger partial charge on any atom is -0.480 e. The summed E-state index contributed by atoms with van der Waals surface area (Å²) in [6.07, 6.45) is 3.81. The lowest BCUT2D eigenvalue weighted by molar-refractivity contribution is -0.385. The number of aliphatic carboxylic acids is 1. The van der Waals surface area contributed by atoms with Gasteiger partial charge in [0.1, 0.15) is 18.2 Å². The van der Waals surface area contributed by atoms with E-state index in [0.29, 0.717) is 5.69 Å². The molecule has 21 heavy (non-hydrogen) atoms. The van der Waals surface area contributed by atoms with Gasteiger partial charge in [0, 0.05) is 17.8 Å². The third-order valence-corrected chi connectivity index (χ3v) is 3.70. The van der Waals surface area contributed by atoms with Gasteiger partial charge in [-0.05, 0) is 25.0 Å². The van der Waals surface area contributed by atoms with E-state index in [2.05, 4.69) is 0 Å². The lowest BCUT2D eigenvalue weighted by atomic mass is 10.1. The molecule has 0 amide bonds. The van der Waals surface area contributed by atoms with Gasteiger partial charge >= 0.3 is 5.97 Å². The molecule has 0 atom stereocenters. The molecule has 0 spiro atoms. The lowest BCUT2D eigenvalue weighted by Gasteiger charge is -2.29. The maximum absolute atomic E-state index is 11.1. The van der Waals surface area contributed by atoms with E-state index in [9.17, 15) is 14.9 Å². The molecule has 1 fully saturated rings. The van der Waals surface area contributed by atoms with Crippen molar-refractivity contribution in [2.45, 2.75) is 31.7 Å². The Morgan fingerprint density at radius 1 is 1.48 bits per heavy atom. The number of carboxylic acid groups (broad SMARTS) is 1. The van der Waals surface area contributed by atoms with Crippen LogP contribution >= 0.6 is 0 Å². The third kappa shape index (κ3) is 3.28. The molecule has 1 aliphatic rings. The lowest BCUT2D eigenvalue weighted by Crippen LogP contribution is -2.37. The van der Waals surface area contributed by atoms with Gasteiger partial charge < -0.3 is 10.0 Å². The maximum atomic E-state index is 11.1. The largest absolute Gasteiger partial charge is 0.480 e. The first-order chi connectivity index (χ1) is 10.0. The van der Waals surface area contributed by atoms with E-state index >= 15 is 0 Å². The first kappa shape index (κ1) is 14.8. The minimum absolute atomic E-state index is 0.0227. The average Bonchev–Trinajstić information content (AvgIpc) is 2.97. The Balaban J connectivity index is 2.39. The molecule has 1 aromatic rings. The Labute approximate surface area is 121 Å². The number of nitro benzene ring substituents is 1. The van der Waals surface area contributed by atoms with Crippen molar-refractivity contribution in [3.63, 3.8) is 0 Å². The van der Waals surface area contributed by atoms with E-state index in [1.165, 1.54) is 12.1 Å². The summed E-state index contributed by atoms with van der Waals surface area (Å²) in [5.74, 6) is -0.978. The van der Waals surface area contributed by atoms with Crippen molar-refractivity contribution in [3.8, 4) is 6.07 Å². The second-order valence-electron chi connectivity index (χ2n) is 5.03. The third-order valence-electron chi connectivity index (χ3n) is 3.70. The number of carboxylic acids is 1. The summed E-state index contributed by atoms with van der Waals surface area (Å²) in [5, 5.41) is 29.0. The molecular formula is C14H15N3O4. The van der Waals surface area contributed by atoms with Crippen LogP contribution in [-0.2, 0) is 4.79 Å². The van der Waals surface area contributed by atoms with Crippen molar-refractivity contribution in [2.75, 3.05) is 11.4 Å². The molecule has 110 valence electrons. The number of nitrogens with zero attached hydrogens (tertiary/aromatic N) is 3. The first-order valence-corrected chi connectivity index (χ1v) is 6.70. The second-order valence-corrected chi connectivity index (χ2v) is 5.03. The second kappa shape index (κ2) is 6.22. The summed E-state index contributed by atoms with van der Waals surface area (Å²) in [6, 6.07) is 6.09. The molecular weight excluding hydrogens is 274 g/mol. The molecule has 7 heteroatoms. The van der Waals surface area contributed by atoms with Crippen molar-refractivity contribution in [2.24, 2.45) is 0 Å². The van der Waals surface area contributed by atoms with Crippen LogP contribution in [0.2, 0.25) is 0 Å². The predicted molar refractivity (Wildman–Crippen MR) is 75.0 cm³/mol. The van der Waals surface area contributed by atoms with Gasteiger partial charge in [-0.2, -0.15) is 5.26 Å². The molecule has 7 nitrogen and oxygen atoms in total. The highest BCUT2D eigenvalue weighted by atomic mass is 16.6. The van der Waals surface area contributed by atoms with Crippen molar-refractivity contribution >= 4 is 17.3 Å². The fraction of sp³-hybridized carbons (Fsp3) is 0.429. The summed E-state index contributed by atoms with van der Waals surface area (Å²) in [7, 11) is 0. The minimum atomic E-state index is -0.978. The zero-order valence-electron chi connectivity index (χ0n) is 11.4. The van der Waals surface area contributed by atoms with Crippen molar-refractivity contribution in [3.05, 3.63) is 33.9 Å². The van der Waals surface area contributed by atoms with Gasteiger partial charge in [0.25, 0.3) is 5.69 Å². The number of carbonyl (C=O) groups is 1. The summed E-state index contributed by atoms with van der Waals surface area (Å²) < 4.78 is 0. The zero-order chi connectivity index (χ0) is 15.4. The highest BCUT2D eigenvalue weighted by Gasteiger charge is 2.26. The molecule has 0 bridgehead atoms. The van der Waals surface area contributed by atoms with Crippen LogP contribution in [0.25, 0.3) is 0 Å². The number of anilines is 1. The average molecular weight is 289 g/mol. The molecule has 0 saturated heterocycles.